The summed E-state index contributed by atoms with van der Waals surface area (Å²) in [6.07, 6.45) is 0. The number of rotatable bonds is 6. The Morgan fingerprint density at radius 2 is 1.78 bits per heavy atom. The lowest BCUT2D eigenvalue weighted by Gasteiger charge is -2.09. The number of carbonyl (C=O) groups is 1. The third-order valence-electron chi connectivity index (χ3n) is 3.82. The zero-order chi connectivity index (χ0) is 19.6. The molecule has 0 spiro atoms. The van der Waals surface area contributed by atoms with E-state index in [1.807, 2.05) is 20.8 Å². The molecule has 9 nitrogen and oxygen atoms in total. The first-order valence-electron chi connectivity index (χ1n) is 8.35. The van der Waals surface area contributed by atoms with Gasteiger partial charge in [0, 0.05) is 17.7 Å². The Kier molecular flexibility index (Phi) is 5.11. The summed E-state index contributed by atoms with van der Waals surface area (Å²) in [4.78, 5) is 12.6. The minimum absolute atomic E-state index is 0.00838. The quantitative estimate of drug-likeness (QED) is 0.710. The zero-order valence-corrected chi connectivity index (χ0v) is 15.8. The molecule has 1 aromatic carbocycles. The van der Waals surface area contributed by atoms with Crippen molar-refractivity contribution in [2.75, 3.05) is 19.5 Å². The van der Waals surface area contributed by atoms with Crippen molar-refractivity contribution in [1.82, 2.24) is 20.0 Å². The molecule has 1 amide bonds. The number of amides is 1. The van der Waals surface area contributed by atoms with Crippen LogP contribution in [0.5, 0.6) is 11.5 Å². The van der Waals surface area contributed by atoms with Crippen LogP contribution in [-0.2, 0) is 0 Å². The van der Waals surface area contributed by atoms with E-state index in [4.69, 9.17) is 13.9 Å². The van der Waals surface area contributed by atoms with Crippen LogP contribution < -0.4 is 14.8 Å². The van der Waals surface area contributed by atoms with Crippen molar-refractivity contribution in [2.24, 2.45) is 0 Å². The molecule has 0 aliphatic rings. The van der Waals surface area contributed by atoms with E-state index < -0.39 is 0 Å². The average molecular weight is 371 g/mol. The molecule has 0 aliphatic carbocycles. The van der Waals surface area contributed by atoms with Crippen LogP contribution in [0.3, 0.4) is 0 Å². The van der Waals surface area contributed by atoms with E-state index >= 15 is 0 Å². The van der Waals surface area contributed by atoms with Gasteiger partial charge in [0.15, 0.2) is 0 Å². The van der Waals surface area contributed by atoms with E-state index in [0.29, 0.717) is 22.8 Å². The van der Waals surface area contributed by atoms with Gasteiger partial charge in [0.25, 0.3) is 5.91 Å². The fraction of sp³-hybridized carbons (Fsp3) is 0.333. The number of carbonyl (C=O) groups excluding carboxylic acids is 1. The normalized spacial score (nSPS) is 10.9. The van der Waals surface area contributed by atoms with E-state index in [1.165, 1.54) is 0 Å². The van der Waals surface area contributed by atoms with Crippen LogP contribution >= 0.6 is 0 Å². The number of methoxy groups -OCH3 is 2. The molecule has 0 atom stereocenters. The van der Waals surface area contributed by atoms with Gasteiger partial charge in [-0.05, 0) is 39.0 Å². The Bertz CT molecular complexity index is 938. The van der Waals surface area contributed by atoms with Gasteiger partial charge in [-0.2, -0.15) is 5.10 Å². The zero-order valence-electron chi connectivity index (χ0n) is 15.8. The monoisotopic (exact) mass is 371 g/mol. The highest BCUT2D eigenvalue weighted by Gasteiger charge is 2.19. The highest BCUT2D eigenvalue weighted by atomic mass is 16.5. The van der Waals surface area contributed by atoms with Gasteiger partial charge in [-0.3, -0.25) is 14.8 Å². The Balaban J connectivity index is 1.84. The maximum Gasteiger partial charge on any atom is 0.322 e. The summed E-state index contributed by atoms with van der Waals surface area (Å²) in [6.45, 7) is 5.73. The Morgan fingerprint density at radius 1 is 1.11 bits per heavy atom. The summed E-state index contributed by atoms with van der Waals surface area (Å²) in [7, 11) is 3.11. The number of benzene rings is 1. The summed E-state index contributed by atoms with van der Waals surface area (Å²) < 4.78 is 17.7. The molecule has 0 unspecified atom stereocenters. The predicted molar refractivity (Wildman–Crippen MR) is 98.1 cm³/mol. The molecule has 0 bridgehead atoms. The molecule has 0 saturated carbocycles. The second kappa shape index (κ2) is 7.48. The first kappa shape index (κ1) is 18.4. The molecule has 0 fully saturated rings. The van der Waals surface area contributed by atoms with Crippen molar-refractivity contribution in [1.29, 1.82) is 0 Å². The largest absolute Gasteiger partial charge is 0.497 e. The van der Waals surface area contributed by atoms with Crippen molar-refractivity contribution in [3.63, 3.8) is 0 Å². The summed E-state index contributed by atoms with van der Waals surface area (Å²) in [5.41, 5.74) is 1.79. The first-order chi connectivity index (χ1) is 12.9. The van der Waals surface area contributed by atoms with E-state index in [9.17, 15) is 4.79 Å². The molecule has 0 radical (unpaired) electrons. The number of hydrogen-bond donors (Lipinski definition) is 1. The molecule has 3 rings (SSSR count). The lowest BCUT2D eigenvalue weighted by atomic mass is 10.2. The highest BCUT2D eigenvalue weighted by Crippen LogP contribution is 2.29. The second-order valence-corrected chi connectivity index (χ2v) is 6.18. The second-order valence-electron chi connectivity index (χ2n) is 6.18. The maximum atomic E-state index is 12.6. The minimum Gasteiger partial charge on any atom is -0.497 e. The number of nitrogens with zero attached hydrogens (tertiary/aromatic N) is 4. The third-order valence-corrected chi connectivity index (χ3v) is 3.82. The summed E-state index contributed by atoms with van der Waals surface area (Å²) >= 11 is 0. The van der Waals surface area contributed by atoms with Gasteiger partial charge >= 0.3 is 6.01 Å². The molecule has 3 aromatic rings. The fourth-order valence-corrected chi connectivity index (χ4v) is 2.56. The van der Waals surface area contributed by atoms with E-state index in [1.54, 1.807) is 43.2 Å². The van der Waals surface area contributed by atoms with Gasteiger partial charge in [0.1, 0.15) is 17.2 Å². The van der Waals surface area contributed by atoms with Gasteiger partial charge in [-0.25, -0.2) is 0 Å². The number of aromatic nitrogens is 4. The Labute approximate surface area is 156 Å². The SMILES string of the molecule is COc1cc(OC)cc(-c2nnc(NC(=O)c3cc(C)nn3C(C)C)o2)c1. The van der Waals surface area contributed by atoms with Crippen molar-refractivity contribution < 1.29 is 18.7 Å². The number of anilines is 1. The van der Waals surface area contributed by atoms with Crippen molar-refractivity contribution >= 4 is 11.9 Å². The van der Waals surface area contributed by atoms with Crippen LogP contribution in [0, 0.1) is 6.92 Å². The smallest absolute Gasteiger partial charge is 0.322 e. The van der Waals surface area contributed by atoms with Crippen molar-refractivity contribution in [2.45, 2.75) is 26.8 Å². The molecule has 1 N–H and O–H groups in total. The first-order valence-corrected chi connectivity index (χ1v) is 8.35. The highest BCUT2D eigenvalue weighted by molar-refractivity contribution is 6.02. The standard InChI is InChI=1S/C18H21N5O4/c1-10(2)23-15(6-11(3)22-23)16(24)19-18-21-20-17(27-18)12-7-13(25-4)9-14(8-12)26-5/h6-10H,1-5H3,(H,19,21,24). The van der Waals surface area contributed by atoms with Crippen LogP contribution in [0.25, 0.3) is 11.5 Å². The lowest BCUT2D eigenvalue weighted by Crippen LogP contribution is -2.19. The summed E-state index contributed by atoms with van der Waals surface area (Å²) in [5, 5.41) is 14.8. The molecule has 9 heteroatoms. The van der Waals surface area contributed by atoms with Gasteiger partial charge in [0.2, 0.25) is 5.89 Å². The predicted octanol–water partition coefficient (Wildman–Crippen LogP) is 3.09. The van der Waals surface area contributed by atoms with Crippen molar-refractivity contribution in [3.05, 3.63) is 35.7 Å². The van der Waals surface area contributed by atoms with Crippen LogP contribution in [0.1, 0.15) is 36.1 Å². The summed E-state index contributed by atoms with van der Waals surface area (Å²) in [5.74, 6) is 1.03. The molecular formula is C18H21N5O4. The lowest BCUT2D eigenvalue weighted by molar-refractivity contribution is 0.101. The molecule has 0 aliphatic heterocycles. The number of hydrogen-bond acceptors (Lipinski definition) is 7. The van der Waals surface area contributed by atoms with Gasteiger partial charge in [-0.15, -0.1) is 5.10 Å². The van der Waals surface area contributed by atoms with E-state index in [0.717, 1.165) is 5.69 Å². The van der Waals surface area contributed by atoms with E-state index in [2.05, 4.69) is 20.6 Å². The van der Waals surface area contributed by atoms with Gasteiger partial charge < -0.3 is 13.9 Å². The minimum atomic E-state index is -0.372. The van der Waals surface area contributed by atoms with Crippen LogP contribution in [0.15, 0.2) is 28.7 Å². The maximum absolute atomic E-state index is 12.6. The molecular weight excluding hydrogens is 350 g/mol. The molecule has 27 heavy (non-hydrogen) atoms. The van der Waals surface area contributed by atoms with Crippen LogP contribution in [-0.4, -0.2) is 40.1 Å². The van der Waals surface area contributed by atoms with Crippen LogP contribution in [0.4, 0.5) is 6.01 Å². The Hall–Kier alpha value is -3.36. The molecule has 142 valence electrons. The van der Waals surface area contributed by atoms with Gasteiger partial charge in [-0.1, -0.05) is 5.10 Å². The topological polar surface area (TPSA) is 104 Å². The fourth-order valence-electron chi connectivity index (χ4n) is 2.56. The Morgan fingerprint density at radius 3 is 2.37 bits per heavy atom. The summed E-state index contributed by atoms with van der Waals surface area (Å²) in [6, 6.07) is 6.95. The molecule has 0 saturated heterocycles. The molecule has 2 aromatic heterocycles. The number of aryl methyl sites for hydroxylation is 1. The van der Waals surface area contributed by atoms with Crippen LogP contribution in [0.2, 0.25) is 0 Å². The third kappa shape index (κ3) is 3.91. The van der Waals surface area contributed by atoms with Crippen molar-refractivity contribution in [3.8, 4) is 23.0 Å². The van der Waals surface area contributed by atoms with E-state index in [-0.39, 0.29) is 23.9 Å². The molecule has 2 heterocycles. The van der Waals surface area contributed by atoms with Gasteiger partial charge in [0.05, 0.1) is 19.9 Å². The number of nitrogens with one attached hydrogen (secondary N) is 1. The average Bonchev–Trinajstić information content (AvgIpc) is 3.28. The number of ether oxygens (including phenoxy) is 2.